The van der Waals surface area contributed by atoms with E-state index in [1.165, 1.54) is 30.6 Å². The lowest BCUT2D eigenvalue weighted by Gasteiger charge is -2.11. The third-order valence-electron chi connectivity index (χ3n) is 2.99. The summed E-state index contributed by atoms with van der Waals surface area (Å²) in [6, 6.07) is 2.59. The van der Waals surface area contributed by atoms with E-state index in [0.717, 1.165) is 4.47 Å². The Kier molecular flexibility index (Phi) is 5.00. The van der Waals surface area contributed by atoms with Gasteiger partial charge in [-0.05, 0) is 34.8 Å². The van der Waals surface area contributed by atoms with Crippen LogP contribution in [0, 0.1) is 0 Å². The van der Waals surface area contributed by atoms with Gasteiger partial charge in [-0.1, -0.05) is 12.8 Å². The van der Waals surface area contributed by atoms with Crippen molar-refractivity contribution in [2.45, 2.75) is 38.3 Å². The lowest BCUT2D eigenvalue weighted by atomic mass is 10.2. The van der Waals surface area contributed by atoms with Gasteiger partial charge in [0.1, 0.15) is 0 Å². The molecule has 0 saturated heterocycles. The zero-order valence-electron chi connectivity index (χ0n) is 9.67. The van der Waals surface area contributed by atoms with Crippen LogP contribution in [-0.2, 0) is 11.3 Å². The van der Waals surface area contributed by atoms with Gasteiger partial charge in [-0.25, -0.2) is 0 Å². The summed E-state index contributed by atoms with van der Waals surface area (Å²) < 4.78 is 1.08. The Morgan fingerprint density at radius 2 is 2.24 bits per heavy atom. The van der Waals surface area contributed by atoms with Gasteiger partial charge in [0.15, 0.2) is 0 Å². The standard InChI is InChI=1S/C12H17BrN2OS/c13-9-5-11(17-8-9)6-15-12(16)7-14-10-3-1-2-4-10/h5,8,10,14H,1-4,6-7H2,(H,15,16). The second-order valence-electron chi connectivity index (χ2n) is 4.37. The monoisotopic (exact) mass is 316 g/mol. The highest BCUT2D eigenvalue weighted by Gasteiger charge is 2.15. The quantitative estimate of drug-likeness (QED) is 0.877. The molecule has 94 valence electrons. The van der Waals surface area contributed by atoms with Crippen molar-refractivity contribution in [2.24, 2.45) is 0 Å². The second kappa shape index (κ2) is 6.52. The molecule has 0 unspecified atom stereocenters. The Labute approximate surface area is 114 Å². The van der Waals surface area contributed by atoms with Gasteiger partial charge in [0.25, 0.3) is 0 Å². The molecule has 5 heteroatoms. The SMILES string of the molecule is O=C(CNC1CCCC1)NCc1cc(Br)cs1. The van der Waals surface area contributed by atoms with E-state index in [-0.39, 0.29) is 5.91 Å². The van der Waals surface area contributed by atoms with Crippen LogP contribution in [0.4, 0.5) is 0 Å². The Balaban J connectivity index is 1.63. The first-order valence-electron chi connectivity index (χ1n) is 5.97. The fourth-order valence-electron chi connectivity index (χ4n) is 2.06. The highest BCUT2D eigenvalue weighted by Crippen LogP contribution is 2.19. The highest BCUT2D eigenvalue weighted by molar-refractivity contribution is 9.10. The zero-order chi connectivity index (χ0) is 12.1. The van der Waals surface area contributed by atoms with Crippen molar-refractivity contribution in [3.63, 3.8) is 0 Å². The molecule has 0 spiro atoms. The maximum atomic E-state index is 11.6. The van der Waals surface area contributed by atoms with E-state index in [1.54, 1.807) is 11.3 Å². The molecule has 0 aliphatic heterocycles. The van der Waals surface area contributed by atoms with E-state index in [9.17, 15) is 4.79 Å². The van der Waals surface area contributed by atoms with Crippen molar-refractivity contribution in [3.05, 3.63) is 20.8 Å². The second-order valence-corrected chi connectivity index (χ2v) is 6.28. The molecular weight excluding hydrogens is 300 g/mol. The van der Waals surface area contributed by atoms with Gasteiger partial charge in [0, 0.05) is 20.8 Å². The normalized spacial score (nSPS) is 16.3. The lowest BCUT2D eigenvalue weighted by Crippen LogP contribution is -2.37. The zero-order valence-corrected chi connectivity index (χ0v) is 12.1. The van der Waals surface area contributed by atoms with E-state index in [4.69, 9.17) is 0 Å². The predicted octanol–water partition coefficient (Wildman–Crippen LogP) is 2.66. The van der Waals surface area contributed by atoms with Gasteiger partial charge < -0.3 is 10.6 Å². The number of hydrogen-bond donors (Lipinski definition) is 2. The minimum atomic E-state index is 0.0847. The molecule has 1 aromatic rings. The smallest absolute Gasteiger partial charge is 0.234 e. The number of nitrogens with one attached hydrogen (secondary N) is 2. The number of amides is 1. The van der Waals surface area contributed by atoms with Crippen molar-refractivity contribution in [2.75, 3.05) is 6.54 Å². The molecule has 1 saturated carbocycles. The molecule has 1 fully saturated rings. The molecule has 2 rings (SSSR count). The molecule has 3 nitrogen and oxygen atoms in total. The molecule has 0 aromatic carbocycles. The van der Waals surface area contributed by atoms with Crippen LogP contribution < -0.4 is 10.6 Å². The summed E-state index contributed by atoms with van der Waals surface area (Å²) in [7, 11) is 0. The van der Waals surface area contributed by atoms with Crippen molar-refractivity contribution in [3.8, 4) is 0 Å². The number of rotatable bonds is 5. The first-order valence-corrected chi connectivity index (χ1v) is 7.64. The van der Waals surface area contributed by atoms with Crippen LogP contribution in [-0.4, -0.2) is 18.5 Å². The maximum absolute atomic E-state index is 11.6. The average Bonchev–Trinajstić information content (AvgIpc) is 2.95. The van der Waals surface area contributed by atoms with Crippen LogP contribution in [0.5, 0.6) is 0 Å². The van der Waals surface area contributed by atoms with E-state index >= 15 is 0 Å². The first-order chi connectivity index (χ1) is 8.24. The molecule has 0 bridgehead atoms. The molecule has 1 aliphatic rings. The Morgan fingerprint density at radius 1 is 1.47 bits per heavy atom. The van der Waals surface area contributed by atoms with E-state index in [1.807, 2.05) is 11.4 Å². The number of carbonyl (C=O) groups excluding carboxylic acids is 1. The summed E-state index contributed by atoms with van der Waals surface area (Å²) in [5.74, 6) is 0.0847. The largest absolute Gasteiger partial charge is 0.350 e. The maximum Gasteiger partial charge on any atom is 0.234 e. The summed E-state index contributed by atoms with van der Waals surface area (Å²) in [4.78, 5) is 12.8. The predicted molar refractivity (Wildman–Crippen MR) is 74.1 cm³/mol. The van der Waals surface area contributed by atoms with Gasteiger partial charge in [0.05, 0.1) is 13.1 Å². The van der Waals surface area contributed by atoms with Gasteiger partial charge in [-0.3, -0.25) is 4.79 Å². The summed E-state index contributed by atoms with van der Waals surface area (Å²) in [5.41, 5.74) is 0. The third kappa shape index (κ3) is 4.41. The fourth-order valence-corrected chi connectivity index (χ4v) is 3.45. The van der Waals surface area contributed by atoms with Gasteiger partial charge in [0.2, 0.25) is 5.91 Å². The molecule has 0 atom stereocenters. The van der Waals surface area contributed by atoms with Crippen LogP contribution in [0.3, 0.4) is 0 Å². The number of halogens is 1. The summed E-state index contributed by atoms with van der Waals surface area (Å²) in [5, 5.41) is 8.26. The molecule has 0 radical (unpaired) electrons. The van der Waals surface area contributed by atoms with Crippen molar-refractivity contribution >= 4 is 33.2 Å². The first kappa shape index (κ1) is 13.1. The molecule has 1 aliphatic carbocycles. The van der Waals surface area contributed by atoms with Crippen molar-refractivity contribution in [1.82, 2.24) is 10.6 Å². The van der Waals surface area contributed by atoms with Crippen LogP contribution in [0.2, 0.25) is 0 Å². The van der Waals surface area contributed by atoms with Crippen LogP contribution in [0.1, 0.15) is 30.6 Å². The summed E-state index contributed by atoms with van der Waals surface area (Å²) in [6.45, 7) is 1.07. The van der Waals surface area contributed by atoms with Gasteiger partial charge in [-0.2, -0.15) is 0 Å². The third-order valence-corrected chi connectivity index (χ3v) is 4.69. The molecular formula is C12H17BrN2OS. The van der Waals surface area contributed by atoms with Crippen LogP contribution in [0.25, 0.3) is 0 Å². The average molecular weight is 317 g/mol. The van der Waals surface area contributed by atoms with E-state index in [0.29, 0.717) is 19.1 Å². The Bertz CT molecular complexity index is 374. The van der Waals surface area contributed by atoms with Crippen LogP contribution in [0.15, 0.2) is 15.9 Å². The fraction of sp³-hybridized carbons (Fsp3) is 0.583. The minimum Gasteiger partial charge on any atom is -0.350 e. The Morgan fingerprint density at radius 3 is 2.88 bits per heavy atom. The molecule has 17 heavy (non-hydrogen) atoms. The highest BCUT2D eigenvalue weighted by atomic mass is 79.9. The van der Waals surface area contributed by atoms with Gasteiger partial charge >= 0.3 is 0 Å². The lowest BCUT2D eigenvalue weighted by molar-refractivity contribution is -0.120. The Hall–Kier alpha value is -0.390. The van der Waals surface area contributed by atoms with E-state index < -0.39 is 0 Å². The van der Waals surface area contributed by atoms with E-state index in [2.05, 4.69) is 26.6 Å². The number of carbonyl (C=O) groups is 1. The number of hydrogen-bond acceptors (Lipinski definition) is 3. The topological polar surface area (TPSA) is 41.1 Å². The molecule has 1 aromatic heterocycles. The van der Waals surface area contributed by atoms with Gasteiger partial charge in [-0.15, -0.1) is 11.3 Å². The van der Waals surface area contributed by atoms with Crippen molar-refractivity contribution < 1.29 is 4.79 Å². The van der Waals surface area contributed by atoms with Crippen LogP contribution >= 0.6 is 27.3 Å². The molecule has 1 amide bonds. The number of thiophene rings is 1. The minimum absolute atomic E-state index is 0.0847. The summed E-state index contributed by atoms with van der Waals surface area (Å²) >= 11 is 5.05. The molecule has 2 N–H and O–H groups in total. The molecule has 1 heterocycles. The summed E-state index contributed by atoms with van der Waals surface area (Å²) in [6.07, 6.45) is 5.02. The van der Waals surface area contributed by atoms with Crippen molar-refractivity contribution in [1.29, 1.82) is 0 Å².